The van der Waals surface area contributed by atoms with Gasteiger partial charge in [0.05, 0.1) is 6.10 Å². The first-order valence-electron chi connectivity index (χ1n) is 9.65. The first-order chi connectivity index (χ1) is 13.0. The Labute approximate surface area is 159 Å². The lowest BCUT2D eigenvalue weighted by molar-refractivity contribution is 0.0459. The van der Waals surface area contributed by atoms with Crippen LogP contribution in [0.25, 0.3) is 10.9 Å². The minimum Gasteiger partial charge on any atom is -0.388 e. The van der Waals surface area contributed by atoms with Crippen LogP contribution in [-0.2, 0) is 0 Å². The Balaban J connectivity index is 1.45. The van der Waals surface area contributed by atoms with Gasteiger partial charge < -0.3 is 15.0 Å². The Morgan fingerprint density at radius 3 is 2.52 bits per heavy atom. The summed E-state index contributed by atoms with van der Waals surface area (Å²) in [5.74, 6) is 0.250. The van der Waals surface area contributed by atoms with E-state index in [9.17, 15) is 9.90 Å². The van der Waals surface area contributed by atoms with Gasteiger partial charge >= 0.3 is 0 Å². The Kier molecular flexibility index (Phi) is 4.75. The molecule has 2 heterocycles. The fourth-order valence-corrected chi connectivity index (χ4v) is 4.23. The number of rotatable bonds is 3. The number of aromatic amines is 1. The highest BCUT2D eigenvalue weighted by Gasteiger charge is 2.29. The minimum atomic E-state index is -0.456. The quantitative estimate of drug-likeness (QED) is 0.727. The van der Waals surface area contributed by atoms with E-state index in [1.54, 1.807) is 0 Å². The maximum Gasteiger partial charge on any atom is 0.270 e. The van der Waals surface area contributed by atoms with Crippen LogP contribution in [0.5, 0.6) is 0 Å². The number of benzene rings is 2. The van der Waals surface area contributed by atoms with Gasteiger partial charge in [-0.25, -0.2) is 0 Å². The Morgan fingerprint density at radius 1 is 1.11 bits per heavy atom. The summed E-state index contributed by atoms with van der Waals surface area (Å²) in [6.45, 7) is 5.51. The molecule has 1 aliphatic heterocycles. The third-order valence-corrected chi connectivity index (χ3v) is 5.73. The number of aryl methyl sites for hydroxylation is 2. The molecule has 1 fully saturated rings. The Bertz CT molecular complexity index is 953. The summed E-state index contributed by atoms with van der Waals surface area (Å²) in [5, 5.41) is 11.7. The molecule has 1 aromatic heterocycles. The van der Waals surface area contributed by atoms with E-state index in [2.05, 4.69) is 31.0 Å². The number of hydrogen-bond donors (Lipinski definition) is 2. The number of H-pyrrole nitrogens is 1. The number of nitrogens with zero attached hydrogens (tertiary/aromatic N) is 1. The maximum atomic E-state index is 12.9. The van der Waals surface area contributed by atoms with Gasteiger partial charge in [-0.3, -0.25) is 4.79 Å². The van der Waals surface area contributed by atoms with Gasteiger partial charge in [-0.1, -0.05) is 36.4 Å². The molecule has 2 aromatic carbocycles. The van der Waals surface area contributed by atoms with Gasteiger partial charge in [-0.15, -0.1) is 0 Å². The van der Waals surface area contributed by atoms with Crippen LogP contribution in [0.15, 0.2) is 48.5 Å². The van der Waals surface area contributed by atoms with Crippen molar-refractivity contribution in [2.45, 2.75) is 32.8 Å². The number of aliphatic hydroxyl groups excluding tert-OH is 1. The molecule has 1 atom stereocenters. The van der Waals surface area contributed by atoms with Crippen molar-refractivity contribution >= 4 is 16.8 Å². The number of aromatic nitrogens is 1. The third-order valence-electron chi connectivity index (χ3n) is 5.73. The number of hydrogen-bond acceptors (Lipinski definition) is 2. The zero-order valence-electron chi connectivity index (χ0n) is 15.9. The molecule has 1 unspecified atom stereocenters. The molecule has 0 saturated carbocycles. The molecule has 1 amide bonds. The predicted octanol–water partition coefficient (Wildman–Crippen LogP) is 4.37. The molecule has 0 spiro atoms. The van der Waals surface area contributed by atoms with Gasteiger partial charge in [0, 0.05) is 24.0 Å². The second kappa shape index (κ2) is 7.20. The van der Waals surface area contributed by atoms with Crippen molar-refractivity contribution in [1.82, 2.24) is 9.88 Å². The number of carbonyl (C=O) groups excluding carboxylic acids is 1. The van der Waals surface area contributed by atoms with Gasteiger partial charge in [0.25, 0.3) is 5.91 Å². The summed E-state index contributed by atoms with van der Waals surface area (Å²) in [6.07, 6.45) is 1.18. The van der Waals surface area contributed by atoms with Crippen molar-refractivity contribution in [2.24, 2.45) is 5.92 Å². The molecular formula is C23H26N2O2. The van der Waals surface area contributed by atoms with Crippen molar-refractivity contribution < 1.29 is 9.90 Å². The van der Waals surface area contributed by atoms with Crippen LogP contribution in [0.3, 0.4) is 0 Å². The predicted molar refractivity (Wildman–Crippen MR) is 108 cm³/mol. The molecule has 0 bridgehead atoms. The van der Waals surface area contributed by atoms with Crippen LogP contribution in [0.2, 0.25) is 0 Å². The lowest BCUT2D eigenvalue weighted by atomic mass is 9.87. The summed E-state index contributed by atoms with van der Waals surface area (Å²) < 4.78 is 0. The lowest BCUT2D eigenvalue weighted by Crippen LogP contribution is -2.39. The number of aliphatic hydroxyl groups is 1. The van der Waals surface area contributed by atoms with Crippen LogP contribution in [0.1, 0.15) is 46.1 Å². The van der Waals surface area contributed by atoms with Gasteiger partial charge in [0.1, 0.15) is 5.69 Å². The fraction of sp³-hybridized carbons (Fsp3) is 0.348. The number of likely N-dealkylation sites (tertiary alicyclic amines) is 1. The van der Waals surface area contributed by atoms with Crippen molar-refractivity contribution in [3.63, 3.8) is 0 Å². The highest BCUT2D eigenvalue weighted by Crippen LogP contribution is 2.31. The van der Waals surface area contributed by atoms with E-state index in [4.69, 9.17) is 0 Å². The molecule has 27 heavy (non-hydrogen) atoms. The third kappa shape index (κ3) is 3.50. The van der Waals surface area contributed by atoms with Crippen molar-refractivity contribution in [3.05, 3.63) is 70.9 Å². The molecular weight excluding hydrogens is 336 g/mol. The second-order valence-electron chi connectivity index (χ2n) is 7.71. The second-order valence-corrected chi connectivity index (χ2v) is 7.71. The summed E-state index contributed by atoms with van der Waals surface area (Å²) in [5.41, 5.74) is 5.01. The maximum absolute atomic E-state index is 12.9. The standard InChI is InChI=1S/C23H26N2O2/c1-15-12-16(2)19-14-21(24-20(19)13-15)23(27)25-10-8-18(9-11-25)22(26)17-6-4-3-5-7-17/h3-7,12-14,18,22,24,26H,8-11H2,1-2H3. The summed E-state index contributed by atoms with van der Waals surface area (Å²) >= 11 is 0. The van der Waals surface area contributed by atoms with Gasteiger partial charge in [0.15, 0.2) is 0 Å². The molecule has 0 radical (unpaired) electrons. The van der Waals surface area contributed by atoms with Crippen molar-refractivity contribution in [3.8, 4) is 0 Å². The SMILES string of the molecule is Cc1cc(C)c2cc(C(=O)N3CCC(C(O)c4ccccc4)CC3)[nH]c2c1. The molecule has 2 N–H and O–H groups in total. The largest absolute Gasteiger partial charge is 0.388 e. The number of fused-ring (bicyclic) bond motifs is 1. The monoisotopic (exact) mass is 362 g/mol. The van der Waals surface area contributed by atoms with E-state index in [1.165, 1.54) is 11.1 Å². The summed E-state index contributed by atoms with van der Waals surface area (Å²) in [6, 6.07) is 16.0. The number of amides is 1. The molecule has 0 aliphatic carbocycles. The van der Waals surface area contributed by atoms with E-state index >= 15 is 0 Å². The van der Waals surface area contributed by atoms with Gasteiger partial charge in [0.2, 0.25) is 0 Å². The lowest BCUT2D eigenvalue weighted by Gasteiger charge is -2.34. The van der Waals surface area contributed by atoms with Crippen LogP contribution < -0.4 is 0 Å². The van der Waals surface area contributed by atoms with Gasteiger partial charge in [-0.2, -0.15) is 0 Å². The van der Waals surface area contributed by atoms with Crippen LogP contribution in [0.4, 0.5) is 0 Å². The first-order valence-corrected chi connectivity index (χ1v) is 9.65. The van der Waals surface area contributed by atoms with Crippen molar-refractivity contribution in [1.29, 1.82) is 0 Å². The highest BCUT2D eigenvalue weighted by molar-refractivity contribution is 5.99. The summed E-state index contributed by atoms with van der Waals surface area (Å²) in [7, 11) is 0. The van der Waals surface area contributed by atoms with Crippen LogP contribution >= 0.6 is 0 Å². The Hall–Kier alpha value is -2.59. The molecule has 4 heteroatoms. The normalized spacial score (nSPS) is 16.6. The van der Waals surface area contributed by atoms with E-state index in [-0.39, 0.29) is 11.8 Å². The van der Waals surface area contributed by atoms with E-state index in [1.807, 2.05) is 41.3 Å². The van der Waals surface area contributed by atoms with Crippen LogP contribution in [-0.4, -0.2) is 34.0 Å². The first kappa shape index (κ1) is 17.8. The van der Waals surface area contributed by atoms with E-state index < -0.39 is 6.10 Å². The zero-order chi connectivity index (χ0) is 19.0. The fourth-order valence-electron chi connectivity index (χ4n) is 4.23. The smallest absolute Gasteiger partial charge is 0.270 e. The minimum absolute atomic E-state index is 0.0518. The molecule has 1 aliphatic rings. The van der Waals surface area contributed by atoms with Crippen molar-refractivity contribution in [2.75, 3.05) is 13.1 Å². The van der Waals surface area contributed by atoms with Crippen LogP contribution in [0, 0.1) is 19.8 Å². The molecule has 140 valence electrons. The molecule has 4 rings (SSSR count). The molecule has 1 saturated heterocycles. The number of nitrogens with one attached hydrogen (secondary N) is 1. The van der Waals surface area contributed by atoms with E-state index in [0.29, 0.717) is 18.8 Å². The zero-order valence-corrected chi connectivity index (χ0v) is 15.9. The van der Waals surface area contributed by atoms with Gasteiger partial charge in [-0.05, 0) is 61.4 Å². The topological polar surface area (TPSA) is 56.3 Å². The molecule has 3 aromatic rings. The number of carbonyl (C=O) groups is 1. The highest BCUT2D eigenvalue weighted by atomic mass is 16.3. The Morgan fingerprint density at radius 2 is 1.81 bits per heavy atom. The number of piperidine rings is 1. The average Bonchev–Trinajstić information content (AvgIpc) is 3.12. The average molecular weight is 362 g/mol. The van der Waals surface area contributed by atoms with E-state index in [0.717, 1.165) is 29.3 Å². The molecule has 4 nitrogen and oxygen atoms in total. The summed E-state index contributed by atoms with van der Waals surface area (Å²) in [4.78, 5) is 18.1.